The first kappa shape index (κ1) is 42.6. The van der Waals surface area contributed by atoms with E-state index in [1.54, 1.807) is 0 Å². The van der Waals surface area contributed by atoms with Crippen molar-refractivity contribution in [1.29, 1.82) is 0 Å². The van der Waals surface area contributed by atoms with Crippen molar-refractivity contribution in [2.45, 2.75) is 31.6 Å². The molecule has 2 aliphatic heterocycles. The van der Waals surface area contributed by atoms with E-state index in [4.69, 9.17) is 19.9 Å². The van der Waals surface area contributed by atoms with Crippen LogP contribution in [0, 0.1) is 0 Å². The lowest BCUT2D eigenvalue weighted by Crippen LogP contribution is -2.35. The van der Waals surface area contributed by atoms with Gasteiger partial charge in [-0.25, -0.2) is 9.97 Å². The Bertz CT molecular complexity index is 3960. The molecule has 11 aromatic rings. The summed E-state index contributed by atoms with van der Waals surface area (Å²) in [6.07, 6.45) is 5.73. The number of hydrogen-bond donors (Lipinski definition) is 0. The van der Waals surface area contributed by atoms with Crippen LogP contribution in [0.1, 0.15) is 37.3 Å². The summed E-state index contributed by atoms with van der Waals surface area (Å²) in [5.41, 5.74) is 18.7. The number of anilines is 5. The Hall–Kier alpha value is -9.26. The largest absolute Gasteiger partial charge is 0.310 e. The monoisotopic (exact) mass is 936 g/mol. The summed E-state index contributed by atoms with van der Waals surface area (Å²) in [6.45, 7) is 4.83. The third-order valence-corrected chi connectivity index (χ3v) is 15.3. The molecule has 3 aliphatic rings. The summed E-state index contributed by atoms with van der Waals surface area (Å²) < 4.78 is 0. The molecule has 0 fully saturated rings. The first-order valence-electron chi connectivity index (χ1n) is 25.2. The van der Waals surface area contributed by atoms with Crippen molar-refractivity contribution in [3.05, 3.63) is 259 Å². The summed E-state index contributed by atoms with van der Waals surface area (Å²) >= 11 is 0. The highest BCUT2D eigenvalue weighted by Gasteiger charge is 2.41. The number of allylic oxidation sites excluding steroid dienone is 3. The van der Waals surface area contributed by atoms with Crippen LogP contribution >= 0.6 is 0 Å². The standard InChI is InChI=1S/C67H48N6/c1-67(2)54-41-48(43-19-7-3-8-20-43)35-39-57(54)72(58-40-36-49(42-55(58)67)44-21-9-4-10-22-44)50-37-33-45(34-38-50)51-28-17-31-59-61(51)63-62-53(52-27-15-16-30-56(52)68-63)29-18-32-60(62)73(59)66-70-64(46-23-11-5-12-24-46)69-65(71-66)47-25-13-6-14-26-47/h3-41,49H,42H2,1-2H3. The van der Waals surface area contributed by atoms with Crippen LogP contribution in [0.3, 0.4) is 0 Å². The molecule has 0 bridgehead atoms. The number of rotatable bonds is 7. The lowest BCUT2D eigenvalue weighted by atomic mass is 9.67. The SMILES string of the molecule is CC1(C)C2=C(C=CC(c3ccccc3)C2)N(c2ccc(-c3cccc4c3-c3nc5ccccc5c5cccc(c35)N4c3nc(-c4ccccc4)nc(-c4ccccc4)n3)cc2)c2ccc(-c3ccccc3)cc21. The summed E-state index contributed by atoms with van der Waals surface area (Å²) in [5, 5.41) is 3.28. The zero-order valence-corrected chi connectivity index (χ0v) is 40.5. The Kier molecular flexibility index (Phi) is 9.90. The molecule has 1 aliphatic carbocycles. The fourth-order valence-electron chi connectivity index (χ4n) is 11.6. The molecule has 0 radical (unpaired) electrons. The zero-order chi connectivity index (χ0) is 48.6. The lowest BCUT2D eigenvalue weighted by molar-refractivity contribution is 0.555. The van der Waals surface area contributed by atoms with Crippen LogP contribution in [-0.4, -0.2) is 19.9 Å². The molecule has 6 heteroatoms. The van der Waals surface area contributed by atoms with Gasteiger partial charge in [0.1, 0.15) is 0 Å². The Balaban J connectivity index is 0.949. The van der Waals surface area contributed by atoms with Crippen molar-refractivity contribution in [2.24, 2.45) is 0 Å². The number of para-hydroxylation sites is 1. The van der Waals surface area contributed by atoms with Gasteiger partial charge in [0.2, 0.25) is 5.95 Å². The minimum Gasteiger partial charge on any atom is -0.310 e. The molecule has 14 rings (SSSR count). The van der Waals surface area contributed by atoms with E-state index in [1.165, 1.54) is 39.2 Å². The predicted octanol–water partition coefficient (Wildman–Crippen LogP) is 17.1. The van der Waals surface area contributed by atoms with Crippen LogP contribution in [-0.2, 0) is 5.41 Å². The first-order chi connectivity index (χ1) is 36.0. The van der Waals surface area contributed by atoms with Gasteiger partial charge in [0, 0.05) is 50.2 Å². The van der Waals surface area contributed by atoms with Crippen molar-refractivity contribution < 1.29 is 0 Å². The number of benzene rings is 9. The summed E-state index contributed by atoms with van der Waals surface area (Å²) in [4.78, 5) is 26.0. The topological polar surface area (TPSA) is 58.0 Å². The molecule has 0 saturated heterocycles. The van der Waals surface area contributed by atoms with Crippen LogP contribution in [0.25, 0.3) is 78.0 Å². The van der Waals surface area contributed by atoms with Gasteiger partial charge >= 0.3 is 0 Å². The van der Waals surface area contributed by atoms with Crippen molar-refractivity contribution in [2.75, 3.05) is 9.80 Å². The van der Waals surface area contributed by atoms with E-state index in [0.29, 0.717) is 23.5 Å². The quantitative estimate of drug-likeness (QED) is 0.148. The van der Waals surface area contributed by atoms with Crippen LogP contribution in [0.15, 0.2) is 248 Å². The molecule has 6 nitrogen and oxygen atoms in total. The molecule has 0 saturated carbocycles. The van der Waals surface area contributed by atoms with Gasteiger partial charge in [-0.15, -0.1) is 0 Å². The molecule has 2 aromatic heterocycles. The highest BCUT2D eigenvalue weighted by atomic mass is 15.3. The van der Waals surface area contributed by atoms with Gasteiger partial charge < -0.3 is 4.90 Å². The van der Waals surface area contributed by atoms with E-state index in [2.05, 4.69) is 224 Å². The fraction of sp³-hybridized carbons (Fsp3) is 0.0746. The van der Waals surface area contributed by atoms with Crippen LogP contribution in [0.4, 0.5) is 28.7 Å². The van der Waals surface area contributed by atoms with Gasteiger partial charge in [-0.2, -0.15) is 9.97 Å². The highest BCUT2D eigenvalue weighted by molar-refractivity contribution is 6.21. The Labute approximate surface area is 425 Å². The van der Waals surface area contributed by atoms with E-state index in [9.17, 15) is 0 Å². The normalized spacial score (nSPS) is 15.3. The van der Waals surface area contributed by atoms with Gasteiger partial charge in [-0.1, -0.05) is 202 Å². The molecule has 1 atom stereocenters. The Morgan fingerprint density at radius 2 is 1.07 bits per heavy atom. The van der Waals surface area contributed by atoms with Crippen LogP contribution < -0.4 is 9.80 Å². The van der Waals surface area contributed by atoms with Gasteiger partial charge in [0.05, 0.1) is 28.3 Å². The number of nitrogens with zero attached hydrogens (tertiary/aromatic N) is 6. The third kappa shape index (κ3) is 7.01. The van der Waals surface area contributed by atoms with Gasteiger partial charge in [0.25, 0.3) is 0 Å². The number of fused-ring (bicyclic) bond motifs is 5. The van der Waals surface area contributed by atoms with E-state index in [-0.39, 0.29) is 5.41 Å². The van der Waals surface area contributed by atoms with Gasteiger partial charge in [0.15, 0.2) is 11.6 Å². The Morgan fingerprint density at radius 3 is 1.78 bits per heavy atom. The minimum absolute atomic E-state index is 0.213. The molecule has 9 aromatic carbocycles. The second-order valence-electron chi connectivity index (χ2n) is 19.8. The molecule has 4 heterocycles. The average molecular weight is 937 g/mol. The number of pyridine rings is 1. The van der Waals surface area contributed by atoms with Gasteiger partial charge in [-0.05, 0) is 99.3 Å². The van der Waals surface area contributed by atoms with Crippen molar-refractivity contribution in [3.8, 4) is 56.3 Å². The molecule has 73 heavy (non-hydrogen) atoms. The molecule has 0 N–H and O–H groups in total. The van der Waals surface area contributed by atoms with E-state index < -0.39 is 0 Å². The maximum Gasteiger partial charge on any atom is 0.238 e. The van der Waals surface area contributed by atoms with Crippen molar-refractivity contribution >= 4 is 50.4 Å². The van der Waals surface area contributed by atoms with Crippen molar-refractivity contribution in [3.63, 3.8) is 0 Å². The molecular formula is C67H48N6. The second-order valence-corrected chi connectivity index (χ2v) is 19.8. The fourth-order valence-corrected chi connectivity index (χ4v) is 11.6. The van der Waals surface area contributed by atoms with Crippen LogP contribution in [0.5, 0.6) is 0 Å². The molecule has 0 amide bonds. The minimum atomic E-state index is -0.213. The second kappa shape index (κ2) is 17.0. The Morgan fingerprint density at radius 1 is 0.466 bits per heavy atom. The zero-order valence-electron chi connectivity index (χ0n) is 40.5. The third-order valence-electron chi connectivity index (χ3n) is 15.3. The maximum absolute atomic E-state index is 5.55. The summed E-state index contributed by atoms with van der Waals surface area (Å²) in [6, 6.07) is 79.8. The van der Waals surface area contributed by atoms with Crippen molar-refractivity contribution in [1.82, 2.24) is 19.9 Å². The maximum atomic E-state index is 5.55. The van der Waals surface area contributed by atoms with E-state index in [0.717, 1.165) is 78.7 Å². The van der Waals surface area contributed by atoms with E-state index >= 15 is 0 Å². The first-order valence-corrected chi connectivity index (χ1v) is 25.2. The lowest BCUT2D eigenvalue weighted by Gasteiger charge is -2.45. The smallest absolute Gasteiger partial charge is 0.238 e. The predicted molar refractivity (Wildman–Crippen MR) is 300 cm³/mol. The van der Waals surface area contributed by atoms with Crippen LogP contribution in [0.2, 0.25) is 0 Å². The highest BCUT2D eigenvalue weighted by Crippen LogP contribution is 2.56. The summed E-state index contributed by atoms with van der Waals surface area (Å²) in [7, 11) is 0. The van der Waals surface area contributed by atoms with E-state index in [1.807, 2.05) is 36.4 Å². The number of hydrogen-bond acceptors (Lipinski definition) is 6. The average Bonchev–Trinajstić information content (AvgIpc) is 3.47. The molecule has 1 unspecified atom stereocenters. The molecule has 0 spiro atoms. The molecule has 346 valence electrons. The number of aromatic nitrogens is 4. The summed E-state index contributed by atoms with van der Waals surface area (Å²) in [5.74, 6) is 2.04. The molecular weight excluding hydrogens is 889 g/mol. The van der Waals surface area contributed by atoms with Gasteiger partial charge in [-0.3, -0.25) is 4.90 Å².